The maximum absolute atomic E-state index is 12.5. The van der Waals surface area contributed by atoms with Crippen molar-refractivity contribution < 1.29 is 4.79 Å². The molecule has 3 heterocycles. The lowest BCUT2D eigenvalue weighted by Gasteiger charge is -2.36. The smallest absolute Gasteiger partial charge is 0.317 e. The molecule has 0 atom stereocenters. The van der Waals surface area contributed by atoms with Crippen LogP contribution in [0, 0.1) is 6.92 Å². The summed E-state index contributed by atoms with van der Waals surface area (Å²) in [5, 5.41) is 15.9. The van der Waals surface area contributed by atoms with Gasteiger partial charge in [0.2, 0.25) is 0 Å². The van der Waals surface area contributed by atoms with E-state index in [0.29, 0.717) is 6.04 Å². The monoisotopic (exact) mass is 343 g/mol. The van der Waals surface area contributed by atoms with Gasteiger partial charge >= 0.3 is 6.03 Å². The predicted octanol–water partition coefficient (Wildman–Crippen LogP) is 1.60. The highest BCUT2D eigenvalue weighted by atomic mass is 16.2. The molecule has 2 amide bonds. The van der Waals surface area contributed by atoms with Crippen LogP contribution in [0.15, 0.2) is 12.1 Å². The van der Waals surface area contributed by atoms with Gasteiger partial charge in [-0.1, -0.05) is 19.3 Å². The Morgan fingerprint density at radius 3 is 2.60 bits per heavy atom. The van der Waals surface area contributed by atoms with Gasteiger partial charge in [0.15, 0.2) is 11.5 Å². The largest absolute Gasteiger partial charge is 0.352 e. The van der Waals surface area contributed by atoms with E-state index in [1.165, 1.54) is 19.3 Å². The number of hydrogen-bond donors (Lipinski definition) is 1. The van der Waals surface area contributed by atoms with Gasteiger partial charge in [-0.3, -0.25) is 0 Å². The summed E-state index contributed by atoms with van der Waals surface area (Å²) in [5.74, 6) is 1.69. The van der Waals surface area contributed by atoms with E-state index in [4.69, 9.17) is 0 Å². The number of carbonyl (C=O) groups is 1. The molecule has 2 aliphatic rings. The maximum Gasteiger partial charge on any atom is 0.317 e. The molecule has 2 aromatic rings. The SMILES string of the molecule is Cc1nnc2ccc(N3CCN(C(=O)NC4CCCCC4)CC3)nn12. The van der Waals surface area contributed by atoms with Crippen LogP contribution in [0.2, 0.25) is 0 Å². The normalized spacial score (nSPS) is 19.4. The molecule has 1 saturated heterocycles. The third-order valence-corrected chi connectivity index (χ3v) is 5.23. The summed E-state index contributed by atoms with van der Waals surface area (Å²) in [6, 6.07) is 4.36. The molecule has 4 rings (SSSR count). The van der Waals surface area contributed by atoms with Crippen molar-refractivity contribution in [3.05, 3.63) is 18.0 Å². The third kappa shape index (κ3) is 3.38. The molecule has 8 nitrogen and oxygen atoms in total. The Hall–Kier alpha value is -2.38. The first-order valence-electron chi connectivity index (χ1n) is 9.20. The minimum Gasteiger partial charge on any atom is -0.352 e. The van der Waals surface area contributed by atoms with E-state index in [0.717, 1.165) is 56.3 Å². The fraction of sp³-hybridized carbons (Fsp3) is 0.647. The Balaban J connectivity index is 1.35. The minimum atomic E-state index is 0.0876. The molecule has 1 N–H and O–H groups in total. The van der Waals surface area contributed by atoms with Crippen molar-refractivity contribution in [3.63, 3.8) is 0 Å². The zero-order valence-electron chi connectivity index (χ0n) is 14.7. The van der Waals surface area contributed by atoms with Crippen LogP contribution in [0.5, 0.6) is 0 Å². The zero-order chi connectivity index (χ0) is 17.2. The highest BCUT2D eigenvalue weighted by molar-refractivity contribution is 5.75. The number of fused-ring (bicyclic) bond motifs is 1. The summed E-state index contributed by atoms with van der Waals surface area (Å²) < 4.78 is 1.76. The van der Waals surface area contributed by atoms with Crippen LogP contribution in [0.1, 0.15) is 37.9 Å². The number of carbonyl (C=O) groups excluding carboxylic acids is 1. The van der Waals surface area contributed by atoms with E-state index < -0.39 is 0 Å². The van der Waals surface area contributed by atoms with Crippen LogP contribution >= 0.6 is 0 Å². The molecule has 0 radical (unpaired) electrons. The lowest BCUT2D eigenvalue weighted by atomic mass is 9.96. The minimum absolute atomic E-state index is 0.0876. The quantitative estimate of drug-likeness (QED) is 0.896. The second-order valence-electron chi connectivity index (χ2n) is 6.97. The molecule has 0 unspecified atom stereocenters. The van der Waals surface area contributed by atoms with Crippen molar-refractivity contribution >= 4 is 17.5 Å². The van der Waals surface area contributed by atoms with E-state index >= 15 is 0 Å². The Morgan fingerprint density at radius 2 is 1.84 bits per heavy atom. The van der Waals surface area contributed by atoms with Crippen LogP contribution in [-0.4, -0.2) is 63.0 Å². The highest BCUT2D eigenvalue weighted by Gasteiger charge is 2.24. The third-order valence-electron chi connectivity index (χ3n) is 5.23. The van der Waals surface area contributed by atoms with Crippen molar-refractivity contribution in [1.82, 2.24) is 30.0 Å². The molecule has 2 aromatic heterocycles. The average molecular weight is 343 g/mol. The Bertz CT molecular complexity index is 745. The number of anilines is 1. The van der Waals surface area contributed by atoms with E-state index in [-0.39, 0.29) is 6.03 Å². The number of rotatable bonds is 2. The fourth-order valence-electron chi connectivity index (χ4n) is 3.71. The van der Waals surface area contributed by atoms with Crippen LogP contribution in [0.25, 0.3) is 5.65 Å². The molecular weight excluding hydrogens is 318 g/mol. The van der Waals surface area contributed by atoms with Crippen LogP contribution in [-0.2, 0) is 0 Å². The van der Waals surface area contributed by atoms with Gasteiger partial charge in [0.1, 0.15) is 5.82 Å². The summed E-state index contributed by atoms with van der Waals surface area (Å²) >= 11 is 0. The predicted molar refractivity (Wildman–Crippen MR) is 94.7 cm³/mol. The first kappa shape index (κ1) is 16.1. The van der Waals surface area contributed by atoms with E-state index in [9.17, 15) is 4.79 Å². The van der Waals surface area contributed by atoms with Crippen LogP contribution < -0.4 is 10.2 Å². The molecular formula is C17H25N7O. The number of aryl methyl sites for hydroxylation is 1. The molecule has 0 spiro atoms. The van der Waals surface area contributed by atoms with Crippen molar-refractivity contribution in [2.75, 3.05) is 31.1 Å². The number of nitrogens with zero attached hydrogens (tertiary/aromatic N) is 6. The van der Waals surface area contributed by atoms with Crippen LogP contribution in [0.4, 0.5) is 10.6 Å². The van der Waals surface area contributed by atoms with E-state index in [1.54, 1.807) is 4.52 Å². The van der Waals surface area contributed by atoms with Gasteiger partial charge in [-0.05, 0) is 31.9 Å². The highest BCUT2D eigenvalue weighted by Crippen LogP contribution is 2.18. The van der Waals surface area contributed by atoms with Gasteiger partial charge in [0, 0.05) is 32.2 Å². The molecule has 25 heavy (non-hydrogen) atoms. The molecule has 0 aromatic carbocycles. The van der Waals surface area contributed by atoms with Crippen molar-refractivity contribution in [2.45, 2.75) is 45.1 Å². The van der Waals surface area contributed by atoms with Gasteiger partial charge in [-0.25, -0.2) is 4.79 Å². The Morgan fingerprint density at radius 1 is 1.08 bits per heavy atom. The average Bonchev–Trinajstić information content (AvgIpc) is 3.03. The molecule has 134 valence electrons. The summed E-state index contributed by atoms with van der Waals surface area (Å²) in [7, 11) is 0. The van der Waals surface area contributed by atoms with Crippen molar-refractivity contribution in [2.24, 2.45) is 0 Å². The first-order chi connectivity index (χ1) is 12.2. The summed E-state index contributed by atoms with van der Waals surface area (Å²) in [5.41, 5.74) is 0.756. The van der Waals surface area contributed by atoms with Gasteiger partial charge in [-0.2, -0.15) is 4.52 Å². The van der Waals surface area contributed by atoms with Gasteiger partial charge in [-0.15, -0.1) is 15.3 Å². The zero-order valence-corrected chi connectivity index (χ0v) is 14.7. The number of piperazine rings is 1. The van der Waals surface area contributed by atoms with Gasteiger partial charge in [0.25, 0.3) is 0 Å². The number of aromatic nitrogens is 4. The molecule has 1 aliphatic heterocycles. The molecule has 1 aliphatic carbocycles. The van der Waals surface area contributed by atoms with Gasteiger partial charge in [0.05, 0.1) is 0 Å². The lowest BCUT2D eigenvalue weighted by molar-refractivity contribution is 0.186. The van der Waals surface area contributed by atoms with E-state index in [1.807, 2.05) is 24.0 Å². The van der Waals surface area contributed by atoms with Crippen LogP contribution in [0.3, 0.4) is 0 Å². The lowest BCUT2D eigenvalue weighted by Crippen LogP contribution is -2.53. The standard InChI is InChI=1S/C17H25N7O/c1-13-19-20-15-7-8-16(21-24(13)15)22-9-11-23(12-10-22)17(25)18-14-5-3-2-4-6-14/h7-8,14H,2-6,9-12H2,1H3,(H,18,25). The number of nitrogens with one attached hydrogen (secondary N) is 1. The number of hydrogen-bond acceptors (Lipinski definition) is 5. The summed E-state index contributed by atoms with van der Waals surface area (Å²) in [4.78, 5) is 16.6. The first-order valence-corrected chi connectivity index (χ1v) is 9.20. The van der Waals surface area contributed by atoms with E-state index in [2.05, 4.69) is 25.5 Å². The molecule has 0 bridgehead atoms. The number of urea groups is 1. The summed E-state index contributed by atoms with van der Waals surface area (Å²) in [6.07, 6.45) is 6.00. The molecule has 8 heteroatoms. The fourth-order valence-corrected chi connectivity index (χ4v) is 3.71. The Kier molecular flexibility index (Phi) is 4.42. The van der Waals surface area contributed by atoms with Gasteiger partial charge < -0.3 is 15.1 Å². The second-order valence-corrected chi connectivity index (χ2v) is 6.97. The maximum atomic E-state index is 12.5. The topological polar surface area (TPSA) is 78.7 Å². The summed E-state index contributed by atoms with van der Waals surface area (Å²) in [6.45, 7) is 4.92. The van der Waals surface area contributed by atoms with Crippen molar-refractivity contribution in [3.8, 4) is 0 Å². The molecule has 2 fully saturated rings. The van der Waals surface area contributed by atoms with Crippen molar-refractivity contribution in [1.29, 1.82) is 0 Å². The Labute approximate surface area is 147 Å². The molecule has 1 saturated carbocycles. The number of amides is 2. The second kappa shape index (κ2) is 6.85.